The number of aryl methyl sites for hydroxylation is 1. The van der Waals surface area contributed by atoms with Gasteiger partial charge in [-0.1, -0.05) is 0 Å². The van der Waals surface area contributed by atoms with E-state index in [1.807, 2.05) is 0 Å². The molecule has 8 nitrogen and oxygen atoms in total. The molecule has 5 N–H and O–H groups in total. The minimum absolute atomic E-state index is 0.0563. The summed E-state index contributed by atoms with van der Waals surface area (Å²) < 4.78 is 13.6. The number of H-pyrrole nitrogens is 1. The molecule has 1 aromatic carbocycles. The Balaban J connectivity index is 1.88. The number of hydroxylamine groups is 1. The van der Waals surface area contributed by atoms with Gasteiger partial charge >= 0.3 is 0 Å². The van der Waals surface area contributed by atoms with E-state index in [1.54, 1.807) is 19.9 Å². The Hall–Kier alpha value is -3.46. The van der Waals surface area contributed by atoms with E-state index < -0.39 is 11.7 Å². The van der Waals surface area contributed by atoms with Crippen LogP contribution in [0, 0.1) is 19.7 Å². The van der Waals surface area contributed by atoms with Crippen molar-refractivity contribution in [3.63, 3.8) is 0 Å². The first-order valence-electron chi connectivity index (χ1n) is 8.55. The highest BCUT2D eigenvalue weighted by atomic mass is 19.1. The highest BCUT2D eigenvalue weighted by Crippen LogP contribution is 2.34. The first-order chi connectivity index (χ1) is 13.3. The fourth-order valence-electron chi connectivity index (χ4n) is 3.14. The van der Waals surface area contributed by atoms with Crippen LogP contribution in [-0.2, 0) is 9.59 Å². The molecule has 0 unspecified atom stereocenters. The number of aromatic nitrogens is 1. The van der Waals surface area contributed by atoms with Crippen molar-refractivity contribution in [3.05, 3.63) is 52.1 Å². The summed E-state index contributed by atoms with van der Waals surface area (Å²) in [5, 5.41) is 13.8. The van der Waals surface area contributed by atoms with Crippen LogP contribution in [0.2, 0.25) is 0 Å². The van der Waals surface area contributed by atoms with E-state index in [9.17, 15) is 18.8 Å². The number of hydrogen-bond acceptors (Lipinski definition) is 4. The summed E-state index contributed by atoms with van der Waals surface area (Å²) in [4.78, 5) is 38.8. The third-order valence-electron chi connectivity index (χ3n) is 4.52. The van der Waals surface area contributed by atoms with Crippen LogP contribution >= 0.6 is 0 Å². The summed E-state index contributed by atoms with van der Waals surface area (Å²) in [6.07, 6.45) is 1.52. The van der Waals surface area contributed by atoms with E-state index in [2.05, 4.69) is 15.6 Å². The van der Waals surface area contributed by atoms with Crippen molar-refractivity contribution >= 4 is 35.1 Å². The minimum Gasteiger partial charge on any atom is -0.358 e. The van der Waals surface area contributed by atoms with Crippen LogP contribution in [-0.4, -0.2) is 34.5 Å². The molecular formula is C19H19FN4O4. The Bertz CT molecular complexity index is 1010. The summed E-state index contributed by atoms with van der Waals surface area (Å²) in [5.74, 6) is -1.80. The van der Waals surface area contributed by atoms with E-state index in [4.69, 9.17) is 5.21 Å². The van der Waals surface area contributed by atoms with E-state index in [0.717, 1.165) is 0 Å². The molecule has 1 aromatic heterocycles. The number of aromatic amines is 1. The maximum absolute atomic E-state index is 13.6. The van der Waals surface area contributed by atoms with Gasteiger partial charge in [-0.3, -0.25) is 19.6 Å². The Morgan fingerprint density at radius 1 is 1.29 bits per heavy atom. The summed E-state index contributed by atoms with van der Waals surface area (Å²) in [5.41, 5.74) is 4.93. The smallest absolute Gasteiger partial charge is 0.256 e. The van der Waals surface area contributed by atoms with Gasteiger partial charge in [0.25, 0.3) is 11.8 Å². The number of anilines is 1. The Morgan fingerprint density at radius 2 is 2.04 bits per heavy atom. The molecule has 0 saturated heterocycles. The van der Waals surface area contributed by atoms with Crippen molar-refractivity contribution in [1.82, 2.24) is 15.8 Å². The molecule has 0 bridgehead atoms. The molecule has 3 rings (SSSR count). The van der Waals surface area contributed by atoms with Gasteiger partial charge in [0.05, 0.1) is 11.1 Å². The second-order valence-electron chi connectivity index (χ2n) is 6.41. The summed E-state index contributed by atoms with van der Waals surface area (Å²) >= 11 is 0. The quantitative estimate of drug-likeness (QED) is 0.306. The zero-order valence-electron chi connectivity index (χ0n) is 15.3. The molecule has 1 aliphatic rings. The normalized spacial score (nSPS) is 14.0. The Labute approximate surface area is 159 Å². The molecular weight excluding hydrogens is 367 g/mol. The number of rotatable bonds is 5. The number of nitrogens with one attached hydrogen (secondary N) is 4. The van der Waals surface area contributed by atoms with Gasteiger partial charge in [-0.2, -0.15) is 0 Å². The minimum atomic E-state index is -0.605. The van der Waals surface area contributed by atoms with Crippen LogP contribution in [0.15, 0.2) is 18.2 Å². The average Bonchev–Trinajstić information content (AvgIpc) is 3.11. The molecule has 0 spiro atoms. The summed E-state index contributed by atoms with van der Waals surface area (Å²) in [7, 11) is 0. The molecule has 9 heteroatoms. The largest absolute Gasteiger partial charge is 0.358 e. The zero-order valence-corrected chi connectivity index (χ0v) is 15.3. The number of halogens is 1. The van der Waals surface area contributed by atoms with Gasteiger partial charge in [0.2, 0.25) is 5.91 Å². The van der Waals surface area contributed by atoms with Gasteiger partial charge in [-0.05, 0) is 43.7 Å². The molecule has 0 aliphatic carbocycles. The van der Waals surface area contributed by atoms with Gasteiger partial charge in [-0.15, -0.1) is 0 Å². The van der Waals surface area contributed by atoms with Crippen molar-refractivity contribution in [1.29, 1.82) is 0 Å². The maximum atomic E-state index is 13.6. The highest BCUT2D eigenvalue weighted by molar-refractivity contribution is 6.34. The lowest BCUT2D eigenvalue weighted by molar-refractivity contribution is -0.129. The second-order valence-corrected chi connectivity index (χ2v) is 6.41. The fraction of sp³-hybridized carbons (Fsp3) is 0.211. The molecule has 0 fully saturated rings. The summed E-state index contributed by atoms with van der Waals surface area (Å²) in [6.45, 7) is 3.50. The third kappa shape index (κ3) is 3.65. The molecule has 2 heterocycles. The first-order valence-corrected chi connectivity index (χ1v) is 8.55. The first kappa shape index (κ1) is 19.3. The second kappa shape index (κ2) is 7.65. The standard InChI is InChI=1S/C19H19FN4O4/c1-9-15(8-13-12-7-11(20)3-4-14(12)23-18(13)26)22-10(2)17(9)19(27)21-6-5-16(25)24-28/h3-4,7-8,22,28H,5-6H2,1-2H3,(H,21,27)(H,23,26)(H,24,25)/b13-8-. The van der Waals surface area contributed by atoms with Crippen LogP contribution < -0.4 is 16.1 Å². The molecule has 0 radical (unpaired) electrons. The molecule has 3 amide bonds. The number of hydrogen-bond donors (Lipinski definition) is 5. The zero-order chi connectivity index (χ0) is 20.4. The number of carbonyl (C=O) groups is 3. The van der Waals surface area contributed by atoms with E-state index >= 15 is 0 Å². The van der Waals surface area contributed by atoms with Gasteiger partial charge < -0.3 is 15.6 Å². The lowest BCUT2D eigenvalue weighted by Gasteiger charge is -2.05. The van der Waals surface area contributed by atoms with Crippen molar-refractivity contribution in [2.24, 2.45) is 0 Å². The lowest BCUT2D eigenvalue weighted by Crippen LogP contribution is -2.29. The van der Waals surface area contributed by atoms with Gasteiger partial charge in [0, 0.05) is 35.6 Å². The molecule has 2 aromatic rings. The molecule has 28 heavy (non-hydrogen) atoms. The van der Waals surface area contributed by atoms with E-state index in [0.29, 0.717) is 39.3 Å². The van der Waals surface area contributed by atoms with Gasteiger partial charge in [0.1, 0.15) is 5.82 Å². The van der Waals surface area contributed by atoms with E-state index in [1.165, 1.54) is 23.7 Å². The van der Waals surface area contributed by atoms with Crippen LogP contribution in [0.3, 0.4) is 0 Å². The van der Waals surface area contributed by atoms with Crippen LogP contribution in [0.4, 0.5) is 10.1 Å². The topological polar surface area (TPSA) is 123 Å². The average molecular weight is 386 g/mol. The number of benzene rings is 1. The van der Waals surface area contributed by atoms with Gasteiger partial charge in [0.15, 0.2) is 0 Å². The number of carbonyl (C=O) groups excluding carboxylic acids is 3. The van der Waals surface area contributed by atoms with E-state index in [-0.39, 0.29) is 24.8 Å². The highest BCUT2D eigenvalue weighted by Gasteiger charge is 2.26. The molecule has 0 atom stereocenters. The predicted octanol–water partition coefficient (Wildman–Crippen LogP) is 1.89. The molecule has 0 saturated carbocycles. The summed E-state index contributed by atoms with van der Waals surface area (Å²) in [6, 6.07) is 4.05. The van der Waals surface area contributed by atoms with Crippen LogP contribution in [0.5, 0.6) is 0 Å². The Kier molecular flexibility index (Phi) is 5.27. The number of amides is 3. The van der Waals surface area contributed by atoms with Crippen molar-refractivity contribution in [2.75, 3.05) is 11.9 Å². The molecule has 146 valence electrons. The number of fused-ring (bicyclic) bond motifs is 1. The third-order valence-corrected chi connectivity index (χ3v) is 4.52. The monoisotopic (exact) mass is 386 g/mol. The van der Waals surface area contributed by atoms with Crippen molar-refractivity contribution in [3.8, 4) is 0 Å². The molecule has 1 aliphatic heterocycles. The van der Waals surface area contributed by atoms with Crippen molar-refractivity contribution in [2.45, 2.75) is 20.3 Å². The SMILES string of the molecule is Cc1[nH]c(/C=C2\C(=O)Nc3ccc(F)cc32)c(C)c1C(=O)NCCC(=O)NO. The lowest BCUT2D eigenvalue weighted by atomic mass is 10.0. The predicted molar refractivity (Wildman–Crippen MR) is 100 cm³/mol. The van der Waals surface area contributed by atoms with Crippen molar-refractivity contribution < 1.29 is 24.0 Å². The Morgan fingerprint density at radius 3 is 2.75 bits per heavy atom. The maximum Gasteiger partial charge on any atom is 0.256 e. The fourth-order valence-corrected chi connectivity index (χ4v) is 3.14. The van der Waals surface area contributed by atoms with Crippen LogP contribution in [0.1, 0.15) is 39.3 Å². The van der Waals surface area contributed by atoms with Crippen LogP contribution in [0.25, 0.3) is 11.6 Å². The van der Waals surface area contributed by atoms with Gasteiger partial charge in [-0.25, -0.2) is 9.87 Å².